The van der Waals surface area contributed by atoms with Crippen molar-refractivity contribution in [2.24, 2.45) is 0 Å². The number of unbranched alkanes of at least 4 members (excludes halogenated alkanes) is 1. The molecule has 1 heterocycles. The first-order valence-corrected chi connectivity index (χ1v) is 8.32. The van der Waals surface area contributed by atoms with Crippen molar-refractivity contribution in [2.75, 3.05) is 6.54 Å². The van der Waals surface area contributed by atoms with E-state index >= 15 is 0 Å². The molecule has 0 fully saturated rings. The van der Waals surface area contributed by atoms with E-state index in [1.807, 2.05) is 22.8 Å². The Labute approximate surface area is 138 Å². The average Bonchev–Trinajstić information content (AvgIpc) is 2.57. The Hall–Kier alpha value is -2.07. The van der Waals surface area contributed by atoms with Crippen molar-refractivity contribution in [1.82, 2.24) is 9.47 Å². The van der Waals surface area contributed by atoms with E-state index in [2.05, 4.69) is 30.9 Å². The van der Waals surface area contributed by atoms with Crippen LogP contribution in [-0.2, 0) is 19.6 Å². The maximum absolute atomic E-state index is 11.8. The SMILES string of the molecule is CCCCn1cc(O)c(=O)cc1CN(CC)Cc1ccccc1. The zero-order valence-electron chi connectivity index (χ0n) is 14.0. The van der Waals surface area contributed by atoms with Gasteiger partial charge in [0.25, 0.3) is 0 Å². The molecule has 0 bridgehead atoms. The molecule has 0 radical (unpaired) electrons. The van der Waals surface area contributed by atoms with E-state index in [0.717, 1.165) is 38.2 Å². The topological polar surface area (TPSA) is 45.5 Å². The van der Waals surface area contributed by atoms with Gasteiger partial charge in [-0.05, 0) is 18.5 Å². The highest BCUT2D eigenvalue weighted by Crippen LogP contribution is 2.12. The lowest BCUT2D eigenvalue weighted by molar-refractivity contribution is 0.262. The van der Waals surface area contributed by atoms with Crippen LogP contribution >= 0.6 is 0 Å². The second-order valence-electron chi connectivity index (χ2n) is 5.85. The van der Waals surface area contributed by atoms with E-state index in [9.17, 15) is 9.90 Å². The predicted octanol–water partition coefficient (Wildman–Crippen LogP) is 3.38. The van der Waals surface area contributed by atoms with Crippen LogP contribution in [0.15, 0.2) is 47.4 Å². The summed E-state index contributed by atoms with van der Waals surface area (Å²) in [5.41, 5.74) is 1.91. The fraction of sp³-hybridized carbons (Fsp3) is 0.421. The molecule has 0 unspecified atom stereocenters. The predicted molar refractivity (Wildman–Crippen MR) is 93.5 cm³/mol. The number of aryl methyl sites for hydroxylation is 1. The van der Waals surface area contributed by atoms with Crippen LogP contribution in [0.3, 0.4) is 0 Å². The highest BCUT2D eigenvalue weighted by atomic mass is 16.3. The molecule has 0 saturated heterocycles. The molecule has 2 rings (SSSR count). The van der Waals surface area contributed by atoms with Crippen LogP contribution in [0.5, 0.6) is 5.75 Å². The van der Waals surface area contributed by atoms with E-state index in [1.54, 1.807) is 12.3 Å². The zero-order valence-corrected chi connectivity index (χ0v) is 14.0. The largest absolute Gasteiger partial charge is 0.503 e. The van der Waals surface area contributed by atoms with Crippen molar-refractivity contribution in [3.63, 3.8) is 0 Å². The number of hydrogen-bond donors (Lipinski definition) is 1. The highest BCUT2D eigenvalue weighted by molar-refractivity contribution is 5.21. The molecule has 0 spiro atoms. The molecule has 0 aliphatic heterocycles. The third-order valence-electron chi connectivity index (χ3n) is 4.03. The van der Waals surface area contributed by atoms with Gasteiger partial charge >= 0.3 is 0 Å². The van der Waals surface area contributed by atoms with Crippen molar-refractivity contribution in [3.05, 3.63) is 64.1 Å². The summed E-state index contributed by atoms with van der Waals surface area (Å²) in [6.07, 6.45) is 3.68. The number of rotatable bonds is 8. The van der Waals surface area contributed by atoms with Gasteiger partial charge in [-0.3, -0.25) is 9.69 Å². The summed E-state index contributed by atoms with van der Waals surface area (Å²) in [5, 5.41) is 9.70. The van der Waals surface area contributed by atoms with E-state index in [1.165, 1.54) is 5.56 Å². The third kappa shape index (κ3) is 4.96. The maximum Gasteiger partial charge on any atom is 0.223 e. The number of aromatic hydroxyl groups is 1. The number of benzene rings is 1. The first-order chi connectivity index (χ1) is 11.1. The van der Waals surface area contributed by atoms with Crippen LogP contribution in [0.1, 0.15) is 37.9 Å². The molecule has 4 nitrogen and oxygen atoms in total. The van der Waals surface area contributed by atoms with Gasteiger partial charge in [-0.1, -0.05) is 50.6 Å². The normalized spacial score (nSPS) is 11.1. The molecule has 0 aliphatic rings. The number of aromatic nitrogens is 1. The number of pyridine rings is 1. The van der Waals surface area contributed by atoms with Gasteiger partial charge in [-0.25, -0.2) is 0 Å². The summed E-state index contributed by atoms with van der Waals surface area (Å²) >= 11 is 0. The second kappa shape index (κ2) is 8.53. The van der Waals surface area contributed by atoms with Crippen molar-refractivity contribution in [2.45, 2.75) is 46.3 Å². The smallest absolute Gasteiger partial charge is 0.223 e. The summed E-state index contributed by atoms with van der Waals surface area (Å²) in [5.74, 6) is -0.170. The zero-order chi connectivity index (χ0) is 16.7. The van der Waals surface area contributed by atoms with Crippen LogP contribution in [0, 0.1) is 0 Å². The van der Waals surface area contributed by atoms with Crippen LogP contribution in [0.4, 0.5) is 0 Å². The summed E-state index contributed by atoms with van der Waals surface area (Å²) < 4.78 is 2.01. The molecule has 2 aromatic rings. The summed E-state index contributed by atoms with van der Waals surface area (Å²) in [7, 11) is 0. The Morgan fingerprint density at radius 1 is 1.13 bits per heavy atom. The molecule has 4 heteroatoms. The first kappa shape index (κ1) is 17.3. The molecule has 0 amide bonds. The summed E-state index contributed by atoms with van der Waals surface area (Å²) in [6.45, 7) is 7.53. The fourth-order valence-electron chi connectivity index (χ4n) is 2.63. The average molecular weight is 314 g/mol. The van der Waals surface area contributed by atoms with Crippen LogP contribution < -0.4 is 5.43 Å². The first-order valence-electron chi connectivity index (χ1n) is 8.32. The van der Waals surface area contributed by atoms with Crippen molar-refractivity contribution in [1.29, 1.82) is 0 Å². The lowest BCUT2D eigenvalue weighted by Crippen LogP contribution is -2.25. The van der Waals surface area contributed by atoms with Gasteiger partial charge in [0.1, 0.15) is 0 Å². The highest BCUT2D eigenvalue weighted by Gasteiger charge is 2.10. The van der Waals surface area contributed by atoms with E-state index in [-0.39, 0.29) is 11.2 Å². The van der Waals surface area contributed by atoms with Gasteiger partial charge in [0, 0.05) is 31.4 Å². The van der Waals surface area contributed by atoms with Gasteiger partial charge in [0.2, 0.25) is 5.43 Å². The van der Waals surface area contributed by atoms with Crippen LogP contribution in [-0.4, -0.2) is 21.1 Å². The van der Waals surface area contributed by atoms with E-state index in [4.69, 9.17) is 0 Å². The molecule has 0 atom stereocenters. The third-order valence-corrected chi connectivity index (χ3v) is 4.03. The maximum atomic E-state index is 11.8. The lowest BCUT2D eigenvalue weighted by Gasteiger charge is -2.23. The molecule has 0 saturated carbocycles. The Morgan fingerprint density at radius 3 is 2.52 bits per heavy atom. The van der Waals surface area contributed by atoms with Crippen LogP contribution in [0.2, 0.25) is 0 Å². The van der Waals surface area contributed by atoms with E-state index < -0.39 is 0 Å². The molecule has 23 heavy (non-hydrogen) atoms. The standard InChI is InChI=1S/C19H26N2O2/c1-3-5-11-21-15-19(23)18(22)12-17(21)14-20(4-2)13-16-9-7-6-8-10-16/h6-10,12,15,23H,3-5,11,13-14H2,1-2H3. The number of hydrogen-bond acceptors (Lipinski definition) is 3. The van der Waals surface area contributed by atoms with Gasteiger partial charge in [0.05, 0.1) is 6.20 Å². The molecule has 1 aromatic heterocycles. The Morgan fingerprint density at radius 2 is 1.87 bits per heavy atom. The lowest BCUT2D eigenvalue weighted by atomic mass is 10.2. The monoisotopic (exact) mass is 314 g/mol. The minimum absolute atomic E-state index is 0.170. The van der Waals surface area contributed by atoms with Crippen molar-refractivity contribution < 1.29 is 5.11 Å². The Bertz CT molecular complexity index is 665. The molecular weight excluding hydrogens is 288 g/mol. The number of nitrogens with zero attached hydrogens (tertiary/aromatic N) is 2. The Balaban J connectivity index is 2.18. The van der Waals surface area contributed by atoms with Gasteiger partial charge in [0.15, 0.2) is 5.75 Å². The molecule has 1 N–H and O–H groups in total. The quantitative estimate of drug-likeness (QED) is 0.812. The van der Waals surface area contributed by atoms with Gasteiger partial charge in [-0.15, -0.1) is 0 Å². The van der Waals surface area contributed by atoms with Crippen LogP contribution in [0.25, 0.3) is 0 Å². The second-order valence-corrected chi connectivity index (χ2v) is 5.85. The van der Waals surface area contributed by atoms with E-state index in [0.29, 0.717) is 6.54 Å². The summed E-state index contributed by atoms with van der Waals surface area (Å²) in [6, 6.07) is 11.9. The van der Waals surface area contributed by atoms with Gasteiger partial charge < -0.3 is 9.67 Å². The summed E-state index contributed by atoms with van der Waals surface area (Å²) in [4.78, 5) is 14.1. The molecular formula is C19H26N2O2. The van der Waals surface area contributed by atoms with Gasteiger partial charge in [-0.2, -0.15) is 0 Å². The molecule has 124 valence electrons. The molecule has 0 aliphatic carbocycles. The minimum atomic E-state index is -0.302. The molecule has 1 aromatic carbocycles. The minimum Gasteiger partial charge on any atom is -0.503 e. The van der Waals surface area contributed by atoms with Crippen molar-refractivity contribution >= 4 is 0 Å². The Kier molecular flexibility index (Phi) is 6.41. The van der Waals surface area contributed by atoms with Crippen molar-refractivity contribution in [3.8, 4) is 5.75 Å². The fourth-order valence-corrected chi connectivity index (χ4v) is 2.63.